The second-order valence-electron chi connectivity index (χ2n) is 5.80. The molecular weight excluding hydrogens is 287 g/mol. The number of urea groups is 1. The molecule has 2 amide bonds. The zero-order valence-electron chi connectivity index (χ0n) is 12.9. The molecule has 0 bridgehead atoms. The summed E-state index contributed by atoms with van der Waals surface area (Å²) in [5.74, 6) is 0.0590. The predicted octanol–water partition coefficient (Wildman–Crippen LogP) is 2.36. The topological polar surface area (TPSA) is 70.6 Å². The van der Waals surface area contributed by atoms with Crippen LogP contribution in [0.1, 0.15) is 37.8 Å². The Labute approximate surface area is 129 Å². The van der Waals surface area contributed by atoms with E-state index in [1.54, 1.807) is 19.1 Å². The first-order chi connectivity index (χ1) is 10.5. The van der Waals surface area contributed by atoms with Gasteiger partial charge in [-0.1, -0.05) is 6.07 Å². The van der Waals surface area contributed by atoms with Gasteiger partial charge in [0.2, 0.25) is 0 Å². The third-order valence-electron chi connectivity index (χ3n) is 4.09. The minimum Gasteiger partial charge on any atom is -0.494 e. The van der Waals surface area contributed by atoms with Crippen molar-refractivity contribution in [2.45, 2.75) is 38.3 Å². The number of amides is 2. The molecule has 22 heavy (non-hydrogen) atoms. The number of rotatable bonds is 5. The summed E-state index contributed by atoms with van der Waals surface area (Å²) in [6.45, 7) is 2.34. The quantitative estimate of drug-likeness (QED) is 0.782. The van der Waals surface area contributed by atoms with Crippen LogP contribution in [0, 0.1) is 11.7 Å². The molecule has 1 aromatic carbocycles. The Balaban J connectivity index is 1.81. The second-order valence-corrected chi connectivity index (χ2v) is 5.80. The Kier molecular flexibility index (Phi) is 5.60. The van der Waals surface area contributed by atoms with Gasteiger partial charge in [0.25, 0.3) is 0 Å². The lowest BCUT2D eigenvalue weighted by Gasteiger charge is -2.17. The van der Waals surface area contributed by atoms with Gasteiger partial charge < -0.3 is 20.5 Å². The standard InChI is InChI=1S/C16H23FN2O3/c1-10(12-4-6-15(22-2)14(17)8-12)19-16(21)18-9-11-3-5-13(20)7-11/h4,6,8,10-11,13,20H,3,5,7,9H2,1-2H3,(H2,18,19,21)/t10-,11+,13-/m0/s1. The second kappa shape index (κ2) is 7.45. The first kappa shape index (κ1) is 16.5. The SMILES string of the molecule is COc1ccc([C@H](C)NC(=O)NC[C@@H]2CC[C@H](O)C2)cc1F. The lowest BCUT2D eigenvalue weighted by Crippen LogP contribution is -2.39. The van der Waals surface area contributed by atoms with E-state index in [0.717, 1.165) is 19.3 Å². The van der Waals surface area contributed by atoms with Crippen LogP contribution in [-0.2, 0) is 0 Å². The Morgan fingerprint density at radius 2 is 2.27 bits per heavy atom. The van der Waals surface area contributed by atoms with Crippen molar-refractivity contribution in [1.29, 1.82) is 0 Å². The van der Waals surface area contributed by atoms with Crippen molar-refractivity contribution in [2.75, 3.05) is 13.7 Å². The van der Waals surface area contributed by atoms with Crippen LogP contribution in [0.2, 0.25) is 0 Å². The molecular formula is C16H23FN2O3. The molecule has 1 fully saturated rings. The predicted molar refractivity (Wildman–Crippen MR) is 81.2 cm³/mol. The van der Waals surface area contributed by atoms with E-state index in [0.29, 0.717) is 18.0 Å². The highest BCUT2D eigenvalue weighted by Crippen LogP contribution is 2.24. The average Bonchev–Trinajstić information content (AvgIpc) is 2.90. The van der Waals surface area contributed by atoms with Crippen LogP contribution in [0.5, 0.6) is 5.75 Å². The number of aliphatic hydroxyl groups is 1. The molecule has 1 aliphatic carbocycles. The van der Waals surface area contributed by atoms with Crippen LogP contribution in [0.15, 0.2) is 18.2 Å². The highest BCUT2D eigenvalue weighted by atomic mass is 19.1. The van der Waals surface area contributed by atoms with Crippen molar-refractivity contribution < 1.29 is 19.0 Å². The summed E-state index contributed by atoms with van der Waals surface area (Å²) < 4.78 is 18.5. The third-order valence-corrected chi connectivity index (χ3v) is 4.09. The van der Waals surface area contributed by atoms with E-state index in [-0.39, 0.29) is 23.9 Å². The molecule has 0 aliphatic heterocycles. The Bertz CT molecular complexity index is 524. The molecule has 2 rings (SSSR count). The fourth-order valence-electron chi connectivity index (χ4n) is 2.75. The van der Waals surface area contributed by atoms with Gasteiger partial charge in [-0.05, 0) is 49.8 Å². The van der Waals surface area contributed by atoms with Gasteiger partial charge in [0.1, 0.15) is 0 Å². The first-order valence-corrected chi connectivity index (χ1v) is 7.55. The highest BCUT2D eigenvalue weighted by molar-refractivity contribution is 5.74. The number of carbonyl (C=O) groups excluding carboxylic acids is 1. The summed E-state index contributed by atoms with van der Waals surface area (Å²) in [4.78, 5) is 11.9. The smallest absolute Gasteiger partial charge is 0.315 e. The number of ether oxygens (including phenoxy) is 1. The lowest BCUT2D eigenvalue weighted by molar-refractivity contribution is 0.177. The number of halogens is 1. The van der Waals surface area contributed by atoms with E-state index in [4.69, 9.17) is 4.74 Å². The van der Waals surface area contributed by atoms with Crippen LogP contribution >= 0.6 is 0 Å². The van der Waals surface area contributed by atoms with Crippen molar-refractivity contribution in [1.82, 2.24) is 10.6 Å². The van der Waals surface area contributed by atoms with E-state index in [1.165, 1.54) is 13.2 Å². The van der Waals surface area contributed by atoms with Crippen molar-refractivity contribution in [2.24, 2.45) is 5.92 Å². The van der Waals surface area contributed by atoms with Crippen molar-refractivity contribution >= 4 is 6.03 Å². The van der Waals surface area contributed by atoms with Gasteiger partial charge in [-0.25, -0.2) is 9.18 Å². The van der Waals surface area contributed by atoms with Crippen LogP contribution in [0.4, 0.5) is 9.18 Å². The number of hydrogen-bond donors (Lipinski definition) is 3. The molecule has 0 unspecified atom stereocenters. The van der Waals surface area contributed by atoms with Gasteiger partial charge in [-0.2, -0.15) is 0 Å². The maximum absolute atomic E-state index is 13.7. The third kappa shape index (κ3) is 4.34. The van der Waals surface area contributed by atoms with Crippen LogP contribution in [0.25, 0.3) is 0 Å². The largest absolute Gasteiger partial charge is 0.494 e. The molecule has 0 saturated heterocycles. The van der Waals surface area contributed by atoms with E-state index < -0.39 is 5.82 Å². The number of methoxy groups -OCH3 is 1. The minimum atomic E-state index is -0.450. The van der Waals surface area contributed by atoms with Crippen LogP contribution < -0.4 is 15.4 Å². The van der Waals surface area contributed by atoms with Gasteiger partial charge in [0, 0.05) is 6.54 Å². The van der Waals surface area contributed by atoms with E-state index >= 15 is 0 Å². The molecule has 1 aliphatic rings. The van der Waals surface area contributed by atoms with Crippen LogP contribution in [-0.4, -0.2) is 30.9 Å². The summed E-state index contributed by atoms with van der Waals surface area (Å²) in [7, 11) is 1.41. The van der Waals surface area contributed by atoms with Crippen molar-refractivity contribution in [3.8, 4) is 5.75 Å². The van der Waals surface area contributed by atoms with Crippen molar-refractivity contribution in [3.63, 3.8) is 0 Å². The zero-order chi connectivity index (χ0) is 16.1. The molecule has 3 N–H and O–H groups in total. The summed E-state index contributed by atoms with van der Waals surface area (Å²) in [6.07, 6.45) is 2.23. The van der Waals surface area contributed by atoms with E-state index in [2.05, 4.69) is 10.6 Å². The van der Waals surface area contributed by atoms with Gasteiger partial charge in [0.05, 0.1) is 19.3 Å². The first-order valence-electron chi connectivity index (χ1n) is 7.55. The summed E-state index contributed by atoms with van der Waals surface area (Å²) in [5, 5.41) is 15.0. The van der Waals surface area contributed by atoms with Gasteiger partial charge in [0.15, 0.2) is 11.6 Å². The molecule has 6 heteroatoms. The van der Waals surface area contributed by atoms with Gasteiger partial charge in [-0.15, -0.1) is 0 Å². The molecule has 1 aromatic rings. The van der Waals surface area contributed by atoms with E-state index in [1.807, 2.05) is 0 Å². The molecule has 0 radical (unpaired) electrons. The summed E-state index contributed by atoms with van der Waals surface area (Å²) in [6, 6.07) is 4.03. The molecule has 3 atom stereocenters. The Morgan fingerprint density at radius 1 is 1.50 bits per heavy atom. The fourth-order valence-corrected chi connectivity index (χ4v) is 2.75. The van der Waals surface area contributed by atoms with Crippen molar-refractivity contribution in [3.05, 3.63) is 29.6 Å². The highest BCUT2D eigenvalue weighted by Gasteiger charge is 2.23. The summed E-state index contributed by atoms with van der Waals surface area (Å²) in [5.41, 5.74) is 0.671. The Hall–Kier alpha value is -1.82. The Morgan fingerprint density at radius 3 is 2.86 bits per heavy atom. The summed E-state index contributed by atoms with van der Waals surface area (Å²) >= 11 is 0. The van der Waals surface area contributed by atoms with Crippen LogP contribution in [0.3, 0.4) is 0 Å². The molecule has 122 valence electrons. The number of aliphatic hydroxyl groups excluding tert-OH is 1. The monoisotopic (exact) mass is 310 g/mol. The fraction of sp³-hybridized carbons (Fsp3) is 0.562. The number of carbonyl (C=O) groups is 1. The number of benzene rings is 1. The number of nitrogens with one attached hydrogen (secondary N) is 2. The maximum Gasteiger partial charge on any atom is 0.315 e. The molecule has 0 spiro atoms. The average molecular weight is 310 g/mol. The maximum atomic E-state index is 13.7. The van der Waals surface area contributed by atoms with Gasteiger partial charge in [-0.3, -0.25) is 0 Å². The molecule has 5 nitrogen and oxygen atoms in total. The normalized spacial score (nSPS) is 22.2. The van der Waals surface area contributed by atoms with Gasteiger partial charge >= 0.3 is 6.03 Å². The minimum absolute atomic E-state index is 0.181. The lowest BCUT2D eigenvalue weighted by atomic mass is 10.1. The molecule has 1 saturated carbocycles. The zero-order valence-corrected chi connectivity index (χ0v) is 12.9. The van der Waals surface area contributed by atoms with E-state index in [9.17, 15) is 14.3 Å². The molecule has 0 aromatic heterocycles. The number of hydrogen-bond acceptors (Lipinski definition) is 3. The molecule has 0 heterocycles.